The lowest BCUT2D eigenvalue weighted by Crippen LogP contribution is -2.49. The van der Waals surface area contributed by atoms with Crippen LogP contribution in [0.4, 0.5) is 0 Å². The van der Waals surface area contributed by atoms with Gasteiger partial charge in [0.15, 0.2) is 0 Å². The Morgan fingerprint density at radius 1 is 1.08 bits per heavy atom. The van der Waals surface area contributed by atoms with Crippen molar-refractivity contribution in [3.05, 3.63) is 45.3 Å². The van der Waals surface area contributed by atoms with Crippen molar-refractivity contribution < 1.29 is 9.21 Å². The Morgan fingerprint density at radius 2 is 1.77 bits per heavy atom. The normalized spacial score (nSPS) is 17.9. The lowest BCUT2D eigenvalue weighted by molar-refractivity contribution is -0.136. The van der Waals surface area contributed by atoms with E-state index in [0.29, 0.717) is 5.58 Å². The zero-order valence-corrected chi connectivity index (χ0v) is 15.6. The van der Waals surface area contributed by atoms with Crippen LogP contribution in [-0.4, -0.2) is 41.9 Å². The van der Waals surface area contributed by atoms with E-state index in [1.165, 1.54) is 17.5 Å². The average molecular weight is 354 g/mol. The van der Waals surface area contributed by atoms with Gasteiger partial charge in [-0.1, -0.05) is 13.8 Å². The first kappa shape index (κ1) is 17.3. The fraction of sp³-hybridized carbons (Fsp3) is 0.524. The first-order valence-electron chi connectivity index (χ1n) is 9.61. The quantitative estimate of drug-likeness (QED) is 0.795. The molecule has 1 amide bonds. The van der Waals surface area contributed by atoms with Crippen molar-refractivity contribution in [1.82, 2.24) is 9.80 Å². The molecule has 1 aliphatic heterocycles. The molecule has 0 saturated carbocycles. The van der Waals surface area contributed by atoms with Crippen molar-refractivity contribution in [2.24, 2.45) is 5.92 Å². The van der Waals surface area contributed by atoms with Crippen molar-refractivity contribution in [3.8, 4) is 0 Å². The average Bonchev–Trinajstić information content (AvgIpc) is 3.07. The van der Waals surface area contributed by atoms with Gasteiger partial charge in [0.2, 0.25) is 5.91 Å². The number of aryl methyl sites for hydroxylation is 2. The summed E-state index contributed by atoms with van der Waals surface area (Å²) in [5, 5.41) is 1.06. The van der Waals surface area contributed by atoms with E-state index in [1.54, 1.807) is 6.07 Å². The first-order chi connectivity index (χ1) is 12.5. The number of fused-ring (bicyclic) bond motifs is 2. The smallest absolute Gasteiger partial charge is 0.336 e. The van der Waals surface area contributed by atoms with Gasteiger partial charge in [-0.05, 0) is 48.1 Å². The van der Waals surface area contributed by atoms with E-state index in [4.69, 9.17) is 4.42 Å². The van der Waals surface area contributed by atoms with Gasteiger partial charge in [0.1, 0.15) is 5.58 Å². The van der Waals surface area contributed by atoms with Crippen LogP contribution in [0.1, 0.15) is 37.0 Å². The van der Waals surface area contributed by atoms with Crippen LogP contribution in [-0.2, 0) is 24.2 Å². The summed E-state index contributed by atoms with van der Waals surface area (Å²) in [5.74, 6) is 0.275. The molecule has 0 N–H and O–H groups in total. The minimum atomic E-state index is -0.279. The number of hydrogen-bond acceptors (Lipinski definition) is 4. The fourth-order valence-corrected chi connectivity index (χ4v) is 4.16. The summed E-state index contributed by atoms with van der Waals surface area (Å²) in [5.41, 5.74) is 4.17. The summed E-state index contributed by atoms with van der Waals surface area (Å²) < 4.78 is 5.46. The highest BCUT2D eigenvalue weighted by Gasteiger charge is 2.23. The van der Waals surface area contributed by atoms with Gasteiger partial charge in [-0.3, -0.25) is 9.69 Å². The largest absolute Gasteiger partial charge is 0.423 e. The Kier molecular flexibility index (Phi) is 4.57. The van der Waals surface area contributed by atoms with Crippen LogP contribution < -0.4 is 5.63 Å². The van der Waals surface area contributed by atoms with Gasteiger partial charge in [0, 0.05) is 50.1 Å². The molecule has 0 radical (unpaired) electrons. The van der Waals surface area contributed by atoms with Crippen LogP contribution in [0.15, 0.2) is 27.4 Å². The Labute approximate surface area is 153 Å². The second-order valence-corrected chi connectivity index (χ2v) is 7.82. The number of amides is 1. The maximum absolute atomic E-state index is 12.1. The van der Waals surface area contributed by atoms with Crippen LogP contribution in [0.3, 0.4) is 0 Å². The number of piperazine rings is 1. The maximum atomic E-state index is 12.1. The van der Waals surface area contributed by atoms with Gasteiger partial charge in [0.25, 0.3) is 0 Å². The molecule has 5 heteroatoms. The van der Waals surface area contributed by atoms with Crippen molar-refractivity contribution in [2.75, 3.05) is 26.2 Å². The van der Waals surface area contributed by atoms with Crippen molar-refractivity contribution in [3.63, 3.8) is 0 Å². The molecule has 0 spiro atoms. The molecule has 2 aliphatic rings. The lowest BCUT2D eigenvalue weighted by atomic mass is 10.0. The Morgan fingerprint density at radius 3 is 2.46 bits per heavy atom. The summed E-state index contributed by atoms with van der Waals surface area (Å²) in [7, 11) is 0. The number of hydrogen-bond donors (Lipinski definition) is 0. The van der Waals surface area contributed by atoms with Gasteiger partial charge in [-0.15, -0.1) is 0 Å². The van der Waals surface area contributed by atoms with E-state index in [9.17, 15) is 9.59 Å². The maximum Gasteiger partial charge on any atom is 0.336 e. The first-order valence-corrected chi connectivity index (χ1v) is 9.61. The van der Waals surface area contributed by atoms with Crippen LogP contribution in [0, 0.1) is 5.92 Å². The van der Waals surface area contributed by atoms with Crippen molar-refractivity contribution in [2.45, 2.75) is 39.7 Å². The molecule has 0 bridgehead atoms. The van der Waals surface area contributed by atoms with E-state index in [2.05, 4.69) is 17.0 Å². The predicted octanol–water partition coefficient (Wildman–Crippen LogP) is 2.58. The SMILES string of the molecule is CC(C)C(=O)N1CCN(Cc2cc(=O)oc3cc4c(cc23)CCC4)CC1. The van der Waals surface area contributed by atoms with Gasteiger partial charge in [-0.25, -0.2) is 4.79 Å². The van der Waals surface area contributed by atoms with Crippen LogP contribution >= 0.6 is 0 Å². The molecular formula is C21H26N2O3. The molecule has 1 aromatic heterocycles. The number of carbonyl (C=O) groups is 1. The van der Waals surface area contributed by atoms with Gasteiger partial charge in [0.05, 0.1) is 0 Å². The number of nitrogens with zero attached hydrogens (tertiary/aromatic N) is 2. The molecule has 1 saturated heterocycles. The second kappa shape index (κ2) is 6.88. The summed E-state index contributed by atoms with van der Waals surface area (Å²) in [6.07, 6.45) is 3.36. The molecular weight excluding hydrogens is 328 g/mol. The number of benzene rings is 1. The second-order valence-electron chi connectivity index (χ2n) is 7.82. The molecule has 0 atom stereocenters. The topological polar surface area (TPSA) is 53.8 Å². The van der Waals surface area contributed by atoms with E-state index < -0.39 is 0 Å². The zero-order chi connectivity index (χ0) is 18.3. The van der Waals surface area contributed by atoms with E-state index in [0.717, 1.165) is 56.5 Å². The molecule has 1 fully saturated rings. The van der Waals surface area contributed by atoms with E-state index in [1.807, 2.05) is 18.7 Å². The van der Waals surface area contributed by atoms with Crippen LogP contribution in [0.2, 0.25) is 0 Å². The Balaban J connectivity index is 1.55. The minimum absolute atomic E-state index is 0.0475. The van der Waals surface area contributed by atoms with E-state index >= 15 is 0 Å². The standard InChI is InChI=1S/C21H26N2O3/c1-14(2)21(25)23-8-6-22(7-9-23)13-17-12-20(24)26-19-11-16-5-3-4-15(16)10-18(17)19/h10-12,14H,3-9,13H2,1-2H3. The summed E-state index contributed by atoms with van der Waals surface area (Å²) in [6.45, 7) is 7.81. The predicted molar refractivity (Wildman–Crippen MR) is 101 cm³/mol. The third-order valence-corrected chi connectivity index (χ3v) is 5.61. The summed E-state index contributed by atoms with van der Waals surface area (Å²) >= 11 is 0. The molecule has 26 heavy (non-hydrogen) atoms. The molecule has 138 valence electrons. The zero-order valence-electron chi connectivity index (χ0n) is 15.6. The van der Waals surface area contributed by atoms with Gasteiger partial charge < -0.3 is 9.32 Å². The van der Waals surface area contributed by atoms with Crippen LogP contribution in [0.5, 0.6) is 0 Å². The lowest BCUT2D eigenvalue weighted by Gasteiger charge is -2.35. The molecule has 0 unspecified atom stereocenters. The van der Waals surface area contributed by atoms with Crippen molar-refractivity contribution in [1.29, 1.82) is 0 Å². The molecule has 5 nitrogen and oxygen atoms in total. The van der Waals surface area contributed by atoms with E-state index in [-0.39, 0.29) is 17.5 Å². The minimum Gasteiger partial charge on any atom is -0.423 e. The van der Waals surface area contributed by atoms with Crippen molar-refractivity contribution >= 4 is 16.9 Å². The molecule has 4 rings (SSSR count). The molecule has 2 heterocycles. The summed E-state index contributed by atoms with van der Waals surface area (Å²) in [4.78, 5) is 28.4. The molecule has 2 aromatic rings. The Bertz CT molecular complexity index is 892. The third kappa shape index (κ3) is 3.28. The highest BCUT2D eigenvalue weighted by Crippen LogP contribution is 2.29. The number of carbonyl (C=O) groups excluding carboxylic acids is 1. The Hall–Kier alpha value is -2.14. The highest BCUT2D eigenvalue weighted by atomic mass is 16.4. The van der Waals surface area contributed by atoms with Crippen LogP contribution in [0.25, 0.3) is 11.0 Å². The molecule has 1 aromatic carbocycles. The number of rotatable bonds is 3. The monoisotopic (exact) mass is 354 g/mol. The van der Waals surface area contributed by atoms with Gasteiger partial charge in [-0.2, -0.15) is 0 Å². The van der Waals surface area contributed by atoms with Gasteiger partial charge >= 0.3 is 5.63 Å². The highest BCUT2D eigenvalue weighted by molar-refractivity contribution is 5.82. The third-order valence-electron chi connectivity index (χ3n) is 5.61. The fourth-order valence-electron chi connectivity index (χ4n) is 4.16. The molecule has 1 aliphatic carbocycles. The summed E-state index contributed by atoms with van der Waals surface area (Å²) in [6, 6.07) is 5.91.